The average Bonchev–Trinajstić information content (AvgIpc) is 2.31. The second-order valence-electron chi connectivity index (χ2n) is 3.24. The third-order valence-corrected chi connectivity index (χ3v) is 3.91. The van der Waals surface area contributed by atoms with Crippen molar-refractivity contribution in [3.05, 3.63) is 22.8 Å². The molecule has 1 N–H and O–H groups in total. The van der Waals surface area contributed by atoms with E-state index in [0.29, 0.717) is 5.75 Å². The fourth-order valence-corrected chi connectivity index (χ4v) is 2.56. The van der Waals surface area contributed by atoms with Crippen LogP contribution < -0.4 is 5.32 Å². The first kappa shape index (κ1) is 13.5. The van der Waals surface area contributed by atoms with Crippen LogP contribution in [0.15, 0.2) is 27.8 Å². The van der Waals surface area contributed by atoms with Crippen molar-refractivity contribution in [3.63, 3.8) is 0 Å². The largest absolute Gasteiger partial charge is 0.301 e. The normalized spacial score (nSPS) is 12.1. The van der Waals surface area contributed by atoms with Crippen LogP contribution in [0.1, 0.15) is 13.3 Å². The molecular weight excluding hydrogens is 286 g/mol. The quantitative estimate of drug-likeness (QED) is 0.821. The van der Waals surface area contributed by atoms with Gasteiger partial charge < -0.3 is 5.32 Å². The molecule has 0 fully saturated rings. The minimum absolute atomic E-state index is 0.112. The van der Waals surface area contributed by atoms with E-state index in [-0.39, 0.29) is 6.04 Å². The van der Waals surface area contributed by atoms with Crippen LogP contribution in [0.3, 0.4) is 0 Å². The number of nitrogens with zero attached hydrogens (tertiary/aromatic N) is 2. The number of rotatable bonds is 6. The van der Waals surface area contributed by atoms with Gasteiger partial charge in [-0.15, -0.1) is 11.8 Å². The van der Waals surface area contributed by atoms with Crippen LogP contribution in [-0.4, -0.2) is 23.3 Å². The van der Waals surface area contributed by atoms with Crippen molar-refractivity contribution in [2.75, 3.05) is 12.3 Å². The molecule has 0 aliphatic rings. The van der Waals surface area contributed by atoms with Crippen molar-refractivity contribution >= 4 is 27.7 Å². The number of halogens is 1. The molecule has 0 saturated heterocycles. The van der Waals surface area contributed by atoms with Crippen LogP contribution >= 0.6 is 27.7 Å². The van der Waals surface area contributed by atoms with E-state index in [9.17, 15) is 0 Å². The van der Waals surface area contributed by atoms with Gasteiger partial charge in [0.1, 0.15) is 11.1 Å². The van der Waals surface area contributed by atoms with Crippen LogP contribution in [0, 0.1) is 11.3 Å². The van der Waals surface area contributed by atoms with Gasteiger partial charge in [-0.05, 0) is 41.0 Å². The van der Waals surface area contributed by atoms with Crippen LogP contribution in [-0.2, 0) is 0 Å². The van der Waals surface area contributed by atoms with Gasteiger partial charge in [0.05, 0.1) is 6.07 Å². The number of hydrogen-bond donors (Lipinski definition) is 1. The summed E-state index contributed by atoms with van der Waals surface area (Å²) in [6.45, 7) is 2.96. The zero-order chi connectivity index (χ0) is 11.8. The van der Waals surface area contributed by atoms with E-state index in [0.717, 1.165) is 22.5 Å². The van der Waals surface area contributed by atoms with Gasteiger partial charge in [-0.25, -0.2) is 4.98 Å². The lowest BCUT2D eigenvalue weighted by atomic mass is 10.3. The summed E-state index contributed by atoms with van der Waals surface area (Å²) in [6.07, 6.45) is 2.80. The zero-order valence-electron chi connectivity index (χ0n) is 9.11. The Balaban J connectivity index is 2.44. The van der Waals surface area contributed by atoms with Gasteiger partial charge in [-0.2, -0.15) is 5.26 Å². The standard InChI is InChI=1S/C11H14BrN3S/c1-2-5-14-9(7-13)8-16-11-10(12)4-3-6-15-11/h3-4,6,9,14H,2,5,8H2,1H3. The molecular formula is C11H14BrN3S. The summed E-state index contributed by atoms with van der Waals surface area (Å²) in [5.41, 5.74) is 0. The fourth-order valence-electron chi connectivity index (χ4n) is 1.10. The minimum atomic E-state index is -0.112. The van der Waals surface area contributed by atoms with Gasteiger partial charge in [-0.1, -0.05) is 6.92 Å². The molecule has 0 amide bonds. The van der Waals surface area contributed by atoms with Gasteiger partial charge >= 0.3 is 0 Å². The third kappa shape index (κ3) is 4.52. The second-order valence-corrected chi connectivity index (χ2v) is 5.10. The van der Waals surface area contributed by atoms with Crippen LogP contribution in [0.2, 0.25) is 0 Å². The molecule has 0 aromatic carbocycles. The highest BCUT2D eigenvalue weighted by Gasteiger charge is 2.08. The smallest absolute Gasteiger partial charge is 0.110 e. The summed E-state index contributed by atoms with van der Waals surface area (Å²) in [6, 6.07) is 5.97. The van der Waals surface area contributed by atoms with E-state index < -0.39 is 0 Å². The highest BCUT2D eigenvalue weighted by atomic mass is 79.9. The van der Waals surface area contributed by atoms with Crippen LogP contribution in [0.5, 0.6) is 0 Å². The maximum atomic E-state index is 8.94. The van der Waals surface area contributed by atoms with Gasteiger partial charge in [0.2, 0.25) is 0 Å². The van der Waals surface area contributed by atoms with Crippen LogP contribution in [0.4, 0.5) is 0 Å². The van der Waals surface area contributed by atoms with E-state index in [1.54, 1.807) is 18.0 Å². The highest BCUT2D eigenvalue weighted by Crippen LogP contribution is 2.24. The lowest BCUT2D eigenvalue weighted by Crippen LogP contribution is -2.30. The van der Waals surface area contributed by atoms with Gasteiger partial charge in [0.25, 0.3) is 0 Å². The predicted octanol–water partition coefficient (Wildman–Crippen LogP) is 2.83. The average molecular weight is 300 g/mol. The van der Waals surface area contributed by atoms with Crippen molar-refractivity contribution in [2.24, 2.45) is 0 Å². The van der Waals surface area contributed by atoms with E-state index in [2.05, 4.69) is 39.2 Å². The molecule has 1 heterocycles. The van der Waals surface area contributed by atoms with Gasteiger partial charge in [-0.3, -0.25) is 0 Å². The highest BCUT2D eigenvalue weighted by molar-refractivity contribution is 9.10. The minimum Gasteiger partial charge on any atom is -0.301 e. The molecule has 86 valence electrons. The Labute approximate surface area is 109 Å². The van der Waals surface area contributed by atoms with Crippen molar-refractivity contribution in [1.29, 1.82) is 5.26 Å². The van der Waals surface area contributed by atoms with Crippen molar-refractivity contribution in [1.82, 2.24) is 10.3 Å². The summed E-state index contributed by atoms with van der Waals surface area (Å²) in [7, 11) is 0. The number of nitriles is 1. The van der Waals surface area contributed by atoms with Crippen molar-refractivity contribution in [3.8, 4) is 6.07 Å². The molecule has 0 aliphatic heterocycles. The summed E-state index contributed by atoms with van der Waals surface area (Å²) in [5.74, 6) is 0.714. The van der Waals surface area contributed by atoms with Gasteiger partial charge in [0, 0.05) is 16.4 Å². The molecule has 0 aliphatic carbocycles. The second kappa shape index (κ2) is 7.66. The number of pyridine rings is 1. The number of aromatic nitrogens is 1. The molecule has 0 radical (unpaired) electrons. The molecule has 3 nitrogen and oxygen atoms in total. The molecule has 1 unspecified atom stereocenters. The summed E-state index contributed by atoms with van der Waals surface area (Å²) in [4.78, 5) is 4.24. The number of hydrogen-bond acceptors (Lipinski definition) is 4. The number of nitrogens with one attached hydrogen (secondary N) is 1. The van der Waals surface area contributed by atoms with E-state index in [1.165, 1.54) is 0 Å². The third-order valence-electron chi connectivity index (χ3n) is 1.91. The molecule has 16 heavy (non-hydrogen) atoms. The fraction of sp³-hybridized carbons (Fsp3) is 0.455. The molecule has 1 rings (SSSR count). The molecule has 0 spiro atoms. The lowest BCUT2D eigenvalue weighted by molar-refractivity contribution is 0.637. The Bertz CT molecular complexity index is 364. The Kier molecular flexibility index (Phi) is 6.46. The van der Waals surface area contributed by atoms with Crippen LogP contribution in [0.25, 0.3) is 0 Å². The molecule has 1 aromatic heterocycles. The van der Waals surface area contributed by atoms with Crippen molar-refractivity contribution < 1.29 is 0 Å². The first-order chi connectivity index (χ1) is 7.77. The Hall–Kier alpha value is -0.570. The maximum Gasteiger partial charge on any atom is 0.110 e. The summed E-state index contributed by atoms with van der Waals surface area (Å²) >= 11 is 5.02. The number of thioether (sulfide) groups is 1. The van der Waals surface area contributed by atoms with E-state index in [1.807, 2.05) is 12.1 Å². The molecule has 1 aromatic rings. The van der Waals surface area contributed by atoms with Crippen molar-refractivity contribution in [2.45, 2.75) is 24.4 Å². The monoisotopic (exact) mass is 299 g/mol. The topological polar surface area (TPSA) is 48.7 Å². The maximum absolute atomic E-state index is 8.94. The first-order valence-corrected chi connectivity index (χ1v) is 6.92. The lowest BCUT2D eigenvalue weighted by Gasteiger charge is -2.10. The van der Waals surface area contributed by atoms with Gasteiger partial charge in [0.15, 0.2) is 0 Å². The van der Waals surface area contributed by atoms with E-state index in [4.69, 9.17) is 5.26 Å². The predicted molar refractivity (Wildman–Crippen MR) is 70.4 cm³/mol. The molecule has 0 saturated carbocycles. The molecule has 1 atom stereocenters. The SMILES string of the molecule is CCCNC(C#N)CSc1ncccc1Br. The molecule has 0 bridgehead atoms. The Morgan fingerprint density at radius 3 is 3.12 bits per heavy atom. The summed E-state index contributed by atoms with van der Waals surface area (Å²) < 4.78 is 0.979. The first-order valence-electron chi connectivity index (χ1n) is 5.14. The molecule has 5 heteroatoms. The zero-order valence-corrected chi connectivity index (χ0v) is 11.5. The Morgan fingerprint density at radius 2 is 2.50 bits per heavy atom. The summed E-state index contributed by atoms with van der Waals surface area (Å²) in [5, 5.41) is 13.1. The Morgan fingerprint density at radius 1 is 1.69 bits per heavy atom. The van der Waals surface area contributed by atoms with E-state index >= 15 is 0 Å².